The Morgan fingerprint density at radius 2 is 1.84 bits per heavy atom. The molecule has 1 heterocycles. The van der Waals surface area contributed by atoms with E-state index in [1.165, 1.54) is 37.9 Å². The van der Waals surface area contributed by atoms with E-state index in [2.05, 4.69) is 17.1 Å². The summed E-state index contributed by atoms with van der Waals surface area (Å²) in [5, 5.41) is 3.59. The van der Waals surface area contributed by atoms with Gasteiger partial charge in [0, 0.05) is 19.1 Å². The summed E-state index contributed by atoms with van der Waals surface area (Å²) < 4.78 is 12.9. The molecule has 1 atom stereocenters. The van der Waals surface area contributed by atoms with Gasteiger partial charge in [0.25, 0.3) is 0 Å². The minimum atomic E-state index is -0.160. The molecule has 0 spiro atoms. The molecule has 2 nitrogen and oxygen atoms in total. The van der Waals surface area contributed by atoms with Crippen LogP contribution in [0.25, 0.3) is 0 Å². The fraction of sp³-hybridized carbons (Fsp3) is 0.625. The zero-order valence-corrected chi connectivity index (χ0v) is 11.9. The predicted octanol–water partition coefficient (Wildman–Crippen LogP) is 3.35. The van der Waals surface area contributed by atoms with Crippen LogP contribution in [0.1, 0.15) is 44.2 Å². The highest BCUT2D eigenvalue weighted by Crippen LogP contribution is 2.16. The summed E-state index contributed by atoms with van der Waals surface area (Å²) in [4.78, 5) is 2.54. The van der Waals surface area contributed by atoms with Crippen LogP contribution in [-0.4, -0.2) is 31.1 Å². The van der Waals surface area contributed by atoms with Crippen LogP contribution in [0.5, 0.6) is 0 Å². The minimum Gasteiger partial charge on any atom is -0.309 e. The van der Waals surface area contributed by atoms with Gasteiger partial charge in [0.05, 0.1) is 0 Å². The van der Waals surface area contributed by atoms with Gasteiger partial charge in [-0.05, 0) is 50.0 Å². The molecule has 0 amide bonds. The van der Waals surface area contributed by atoms with Crippen LogP contribution in [0.15, 0.2) is 24.3 Å². The minimum absolute atomic E-state index is 0.160. The maximum Gasteiger partial charge on any atom is 0.123 e. The normalized spacial score (nSPS) is 18.4. The van der Waals surface area contributed by atoms with Gasteiger partial charge in [-0.15, -0.1) is 0 Å². The zero-order chi connectivity index (χ0) is 13.5. The molecule has 1 N–H and O–H groups in total. The lowest BCUT2D eigenvalue weighted by molar-refractivity contribution is 0.226. The molecule has 1 unspecified atom stereocenters. The van der Waals surface area contributed by atoms with Crippen LogP contribution in [0.2, 0.25) is 0 Å². The molecular weight excluding hydrogens is 239 g/mol. The highest BCUT2D eigenvalue weighted by molar-refractivity contribution is 5.19. The van der Waals surface area contributed by atoms with Crippen molar-refractivity contribution in [3.63, 3.8) is 0 Å². The summed E-state index contributed by atoms with van der Waals surface area (Å²) in [6.45, 7) is 6.79. The number of piperidine rings is 1. The number of hydrogen-bond donors (Lipinski definition) is 1. The highest BCUT2D eigenvalue weighted by atomic mass is 19.1. The first kappa shape index (κ1) is 14.5. The molecule has 0 radical (unpaired) electrons. The van der Waals surface area contributed by atoms with E-state index >= 15 is 0 Å². The number of halogens is 1. The van der Waals surface area contributed by atoms with Crippen molar-refractivity contribution in [2.24, 2.45) is 0 Å². The van der Waals surface area contributed by atoms with E-state index in [-0.39, 0.29) is 5.82 Å². The third kappa shape index (κ3) is 4.59. The smallest absolute Gasteiger partial charge is 0.123 e. The van der Waals surface area contributed by atoms with Gasteiger partial charge in [0.1, 0.15) is 5.82 Å². The Morgan fingerprint density at radius 1 is 1.16 bits per heavy atom. The average molecular weight is 264 g/mol. The van der Waals surface area contributed by atoms with Gasteiger partial charge < -0.3 is 10.2 Å². The largest absolute Gasteiger partial charge is 0.309 e. The van der Waals surface area contributed by atoms with Crippen molar-refractivity contribution in [2.75, 3.05) is 26.2 Å². The Bertz CT molecular complexity index is 358. The molecular formula is C16H25FN2. The van der Waals surface area contributed by atoms with E-state index in [0.29, 0.717) is 6.04 Å². The van der Waals surface area contributed by atoms with Crippen LogP contribution >= 0.6 is 0 Å². The SMILES string of the molecule is CCC(NCCN1CCCCC1)c1ccc(F)cc1. The molecule has 1 aliphatic heterocycles. The second-order valence-corrected chi connectivity index (χ2v) is 5.37. The van der Waals surface area contributed by atoms with Crippen LogP contribution in [0.4, 0.5) is 4.39 Å². The third-order valence-electron chi connectivity index (χ3n) is 3.95. The van der Waals surface area contributed by atoms with Crippen molar-refractivity contribution >= 4 is 0 Å². The van der Waals surface area contributed by atoms with Gasteiger partial charge in [-0.2, -0.15) is 0 Å². The second-order valence-electron chi connectivity index (χ2n) is 5.37. The molecule has 0 aromatic heterocycles. The van der Waals surface area contributed by atoms with Crippen LogP contribution in [0.3, 0.4) is 0 Å². The van der Waals surface area contributed by atoms with Crippen molar-refractivity contribution in [1.29, 1.82) is 0 Å². The van der Waals surface area contributed by atoms with Gasteiger partial charge in [-0.3, -0.25) is 0 Å². The Kier molecular flexibility index (Phi) is 5.80. The van der Waals surface area contributed by atoms with Crippen LogP contribution < -0.4 is 5.32 Å². The molecule has 1 aromatic carbocycles. The highest BCUT2D eigenvalue weighted by Gasteiger charge is 2.12. The maximum absolute atomic E-state index is 12.9. The van der Waals surface area contributed by atoms with Crippen molar-refractivity contribution in [1.82, 2.24) is 10.2 Å². The van der Waals surface area contributed by atoms with Gasteiger partial charge in [-0.25, -0.2) is 4.39 Å². The van der Waals surface area contributed by atoms with Gasteiger partial charge in [-0.1, -0.05) is 25.5 Å². The maximum atomic E-state index is 12.9. The summed E-state index contributed by atoms with van der Waals surface area (Å²) in [7, 11) is 0. The first-order chi connectivity index (χ1) is 9.29. The average Bonchev–Trinajstić information content (AvgIpc) is 2.46. The van der Waals surface area contributed by atoms with Crippen molar-refractivity contribution in [3.8, 4) is 0 Å². The Balaban J connectivity index is 1.77. The van der Waals surface area contributed by atoms with E-state index in [1.807, 2.05) is 12.1 Å². The molecule has 3 heteroatoms. The van der Waals surface area contributed by atoms with Crippen molar-refractivity contribution < 1.29 is 4.39 Å². The zero-order valence-electron chi connectivity index (χ0n) is 11.9. The van der Waals surface area contributed by atoms with Crippen LogP contribution in [0, 0.1) is 5.82 Å². The van der Waals surface area contributed by atoms with E-state index in [9.17, 15) is 4.39 Å². The predicted molar refractivity (Wildman–Crippen MR) is 77.7 cm³/mol. The summed E-state index contributed by atoms with van der Waals surface area (Å²) in [5.41, 5.74) is 1.18. The van der Waals surface area contributed by atoms with Gasteiger partial charge in [0.2, 0.25) is 0 Å². The topological polar surface area (TPSA) is 15.3 Å². The summed E-state index contributed by atoms with van der Waals surface area (Å²) in [5.74, 6) is -0.160. The molecule has 2 rings (SSSR count). The Hall–Kier alpha value is -0.930. The molecule has 106 valence electrons. The lowest BCUT2D eigenvalue weighted by atomic mass is 10.0. The molecule has 1 aliphatic rings. The lowest BCUT2D eigenvalue weighted by Gasteiger charge is -2.27. The number of rotatable bonds is 6. The van der Waals surface area contributed by atoms with E-state index in [0.717, 1.165) is 19.5 Å². The fourth-order valence-corrected chi connectivity index (χ4v) is 2.77. The summed E-state index contributed by atoms with van der Waals surface area (Å²) in [6.07, 6.45) is 5.10. The van der Waals surface area contributed by atoms with E-state index in [1.54, 1.807) is 12.1 Å². The molecule has 0 aliphatic carbocycles. The van der Waals surface area contributed by atoms with Gasteiger partial charge in [0.15, 0.2) is 0 Å². The van der Waals surface area contributed by atoms with E-state index in [4.69, 9.17) is 0 Å². The first-order valence-electron chi connectivity index (χ1n) is 7.51. The standard InChI is InChI=1S/C16H25FN2/c1-2-16(14-6-8-15(17)9-7-14)18-10-13-19-11-4-3-5-12-19/h6-9,16,18H,2-5,10-13H2,1H3. The number of nitrogens with one attached hydrogen (secondary N) is 1. The molecule has 1 aromatic rings. The summed E-state index contributed by atoms with van der Waals surface area (Å²) in [6, 6.07) is 7.20. The number of likely N-dealkylation sites (tertiary alicyclic amines) is 1. The van der Waals surface area contributed by atoms with Crippen molar-refractivity contribution in [3.05, 3.63) is 35.6 Å². The molecule has 1 saturated heterocycles. The molecule has 0 bridgehead atoms. The van der Waals surface area contributed by atoms with Crippen molar-refractivity contribution in [2.45, 2.75) is 38.6 Å². The third-order valence-corrected chi connectivity index (χ3v) is 3.95. The Morgan fingerprint density at radius 3 is 2.47 bits per heavy atom. The molecule has 19 heavy (non-hydrogen) atoms. The molecule has 0 saturated carbocycles. The second kappa shape index (κ2) is 7.61. The number of nitrogens with zero attached hydrogens (tertiary/aromatic N) is 1. The number of hydrogen-bond acceptors (Lipinski definition) is 2. The lowest BCUT2D eigenvalue weighted by Crippen LogP contribution is -2.36. The Labute approximate surface area is 116 Å². The first-order valence-corrected chi connectivity index (χ1v) is 7.51. The monoisotopic (exact) mass is 264 g/mol. The number of benzene rings is 1. The van der Waals surface area contributed by atoms with E-state index < -0.39 is 0 Å². The van der Waals surface area contributed by atoms with Gasteiger partial charge >= 0.3 is 0 Å². The summed E-state index contributed by atoms with van der Waals surface area (Å²) >= 11 is 0. The molecule has 1 fully saturated rings. The van der Waals surface area contributed by atoms with Crippen LogP contribution in [-0.2, 0) is 0 Å². The fourth-order valence-electron chi connectivity index (χ4n) is 2.77. The quantitative estimate of drug-likeness (QED) is 0.847.